The standard InChI is InChI=1S/C35H44FN3O3/c1-23-8-5-12-30(36)31(23)34(41)39-19-7-11-29(33(40)38-28-10-6-9-25(22-28)35(2,3)4)32(39)24-13-15-26(16-14-24)37-27-17-20-42-21-18-27/h5-6,8-10,12-13,15-16,22,24,27,29,32,37H,7,11,14,17-21H2,1-4H3,(H,38,40)/t24?,29-,32-/m0/s1. The molecule has 2 heterocycles. The molecule has 2 aromatic rings. The fourth-order valence-corrected chi connectivity index (χ4v) is 6.49. The summed E-state index contributed by atoms with van der Waals surface area (Å²) in [6.07, 6.45) is 10.4. The van der Waals surface area contributed by atoms with Gasteiger partial charge in [-0.15, -0.1) is 0 Å². The molecule has 0 saturated carbocycles. The van der Waals surface area contributed by atoms with Crippen molar-refractivity contribution in [1.29, 1.82) is 0 Å². The normalized spacial score (nSPS) is 23.3. The van der Waals surface area contributed by atoms with Crippen molar-refractivity contribution in [2.45, 2.75) is 77.3 Å². The number of hydrogen-bond donors (Lipinski definition) is 2. The largest absolute Gasteiger partial charge is 0.382 e. The van der Waals surface area contributed by atoms with E-state index in [0.29, 0.717) is 37.4 Å². The summed E-state index contributed by atoms with van der Waals surface area (Å²) in [6, 6.07) is 12.7. The summed E-state index contributed by atoms with van der Waals surface area (Å²) in [4.78, 5) is 29.7. The molecular weight excluding hydrogens is 529 g/mol. The lowest BCUT2D eigenvalue weighted by Crippen LogP contribution is -2.55. The third kappa shape index (κ3) is 6.78. The van der Waals surface area contributed by atoms with Crippen LogP contribution in [0.15, 0.2) is 66.4 Å². The first-order valence-electron chi connectivity index (χ1n) is 15.3. The van der Waals surface area contributed by atoms with E-state index in [4.69, 9.17) is 4.74 Å². The van der Waals surface area contributed by atoms with Gasteiger partial charge < -0.3 is 20.3 Å². The van der Waals surface area contributed by atoms with Crippen molar-refractivity contribution in [3.63, 3.8) is 0 Å². The van der Waals surface area contributed by atoms with Crippen LogP contribution in [-0.4, -0.2) is 48.6 Å². The maximum atomic E-state index is 15.0. The van der Waals surface area contributed by atoms with Crippen molar-refractivity contribution in [2.24, 2.45) is 11.8 Å². The van der Waals surface area contributed by atoms with Crippen molar-refractivity contribution in [1.82, 2.24) is 10.2 Å². The van der Waals surface area contributed by atoms with E-state index in [-0.39, 0.29) is 28.7 Å². The molecule has 2 saturated heterocycles. The first-order valence-corrected chi connectivity index (χ1v) is 15.3. The number of carbonyl (C=O) groups is 2. The van der Waals surface area contributed by atoms with Crippen LogP contribution in [0.3, 0.4) is 0 Å². The maximum absolute atomic E-state index is 15.0. The Hall–Kier alpha value is -3.45. The van der Waals surface area contributed by atoms with Gasteiger partial charge in [-0.3, -0.25) is 9.59 Å². The number of carbonyl (C=O) groups excluding carboxylic acids is 2. The first-order chi connectivity index (χ1) is 20.1. The number of halogens is 1. The lowest BCUT2D eigenvalue weighted by atomic mass is 9.77. The second-order valence-corrected chi connectivity index (χ2v) is 12.9. The van der Waals surface area contributed by atoms with E-state index in [2.05, 4.69) is 55.7 Å². The van der Waals surface area contributed by atoms with Crippen LogP contribution in [0.2, 0.25) is 0 Å². The predicted octanol–water partition coefficient (Wildman–Crippen LogP) is 6.52. The van der Waals surface area contributed by atoms with E-state index in [1.165, 1.54) is 6.07 Å². The summed E-state index contributed by atoms with van der Waals surface area (Å²) in [5.41, 5.74) is 3.60. The summed E-state index contributed by atoms with van der Waals surface area (Å²) < 4.78 is 20.5. The quantitative estimate of drug-likeness (QED) is 0.413. The molecule has 7 heteroatoms. The van der Waals surface area contributed by atoms with Crippen molar-refractivity contribution in [3.8, 4) is 0 Å². The number of likely N-dealkylation sites (tertiary alicyclic amines) is 1. The van der Waals surface area contributed by atoms with Crippen molar-refractivity contribution < 1.29 is 18.7 Å². The molecule has 42 heavy (non-hydrogen) atoms. The van der Waals surface area contributed by atoms with Crippen LogP contribution in [-0.2, 0) is 14.9 Å². The zero-order chi connectivity index (χ0) is 29.9. The van der Waals surface area contributed by atoms with Gasteiger partial charge >= 0.3 is 0 Å². The first kappa shape index (κ1) is 30.0. The molecule has 2 aliphatic heterocycles. The Labute approximate surface area is 249 Å². The molecule has 1 aliphatic carbocycles. The van der Waals surface area contributed by atoms with Gasteiger partial charge in [-0.05, 0) is 79.8 Å². The fraction of sp³-hybridized carbons (Fsp3) is 0.486. The van der Waals surface area contributed by atoms with E-state index < -0.39 is 17.8 Å². The minimum atomic E-state index is -0.522. The second kappa shape index (κ2) is 12.8. The highest BCUT2D eigenvalue weighted by Crippen LogP contribution is 2.36. The Bertz CT molecular complexity index is 1340. The fourth-order valence-electron chi connectivity index (χ4n) is 6.49. The van der Waals surface area contributed by atoms with Crippen LogP contribution in [0.5, 0.6) is 0 Å². The zero-order valence-electron chi connectivity index (χ0n) is 25.3. The van der Waals surface area contributed by atoms with Crippen molar-refractivity contribution >= 4 is 17.5 Å². The molecule has 0 bridgehead atoms. The monoisotopic (exact) mass is 573 g/mol. The summed E-state index contributed by atoms with van der Waals surface area (Å²) >= 11 is 0. The van der Waals surface area contributed by atoms with Gasteiger partial charge in [-0.2, -0.15) is 0 Å². The van der Waals surface area contributed by atoms with Crippen LogP contribution in [0.25, 0.3) is 0 Å². The molecule has 2 fully saturated rings. The maximum Gasteiger partial charge on any atom is 0.257 e. The minimum Gasteiger partial charge on any atom is -0.382 e. The van der Waals surface area contributed by atoms with Gasteiger partial charge in [0.25, 0.3) is 5.91 Å². The van der Waals surface area contributed by atoms with E-state index in [1.807, 2.05) is 18.2 Å². The Morgan fingerprint density at radius 1 is 1.05 bits per heavy atom. The van der Waals surface area contributed by atoms with Crippen LogP contribution in [0, 0.1) is 24.6 Å². The number of rotatable bonds is 6. The van der Waals surface area contributed by atoms with Crippen molar-refractivity contribution in [2.75, 3.05) is 25.1 Å². The van der Waals surface area contributed by atoms with Gasteiger partial charge in [-0.25, -0.2) is 4.39 Å². The van der Waals surface area contributed by atoms with E-state index in [9.17, 15) is 9.59 Å². The van der Waals surface area contributed by atoms with Crippen molar-refractivity contribution in [3.05, 3.63) is 88.9 Å². The number of nitrogens with zero attached hydrogens (tertiary/aromatic N) is 1. The molecule has 5 rings (SSSR count). The number of piperidine rings is 1. The molecular formula is C35H44FN3O3. The molecule has 0 spiro atoms. The summed E-state index contributed by atoms with van der Waals surface area (Å²) in [5, 5.41) is 6.79. The molecule has 0 aromatic heterocycles. The Morgan fingerprint density at radius 2 is 1.81 bits per heavy atom. The van der Waals surface area contributed by atoms with Crippen LogP contribution in [0.4, 0.5) is 10.1 Å². The van der Waals surface area contributed by atoms with Gasteiger partial charge in [-0.1, -0.05) is 57.2 Å². The number of anilines is 1. The summed E-state index contributed by atoms with van der Waals surface area (Å²) in [7, 11) is 0. The lowest BCUT2D eigenvalue weighted by Gasteiger charge is -2.44. The third-order valence-corrected chi connectivity index (χ3v) is 8.88. The minimum absolute atomic E-state index is 0.0510. The molecule has 0 radical (unpaired) electrons. The molecule has 3 aliphatic rings. The number of amides is 2. The van der Waals surface area contributed by atoms with Gasteiger partial charge in [0, 0.05) is 43.1 Å². The Kier molecular flexibility index (Phi) is 9.16. The van der Waals surface area contributed by atoms with Gasteiger partial charge in [0.05, 0.1) is 17.5 Å². The molecule has 2 amide bonds. The van der Waals surface area contributed by atoms with Gasteiger partial charge in [0.1, 0.15) is 5.82 Å². The molecule has 224 valence electrons. The van der Waals surface area contributed by atoms with Crippen LogP contribution < -0.4 is 10.6 Å². The van der Waals surface area contributed by atoms with Gasteiger partial charge in [0.2, 0.25) is 5.91 Å². The molecule has 3 atom stereocenters. The average molecular weight is 574 g/mol. The van der Waals surface area contributed by atoms with E-state index in [0.717, 1.165) is 43.0 Å². The number of benzene rings is 2. The van der Waals surface area contributed by atoms with E-state index >= 15 is 4.39 Å². The highest BCUT2D eigenvalue weighted by atomic mass is 19.1. The number of nitrogens with one attached hydrogen (secondary N) is 2. The molecule has 2 N–H and O–H groups in total. The number of ether oxygens (including phenoxy) is 1. The SMILES string of the molecule is Cc1cccc(F)c1C(=O)N1CCC[C@H](C(=O)Nc2cccc(C(C)(C)C)c2)[C@@H]1C1C=CC(NC2CCOCC2)=CC1. The molecule has 2 aromatic carbocycles. The Balaban J connectivity index is 1.41. The lowest BCUT2D eigenvalue weighted by molar-refractivity contribution is -0.123. The summed E-state index contributed by atoms with van der Waals surface area (Å²) in [5.74, 6) is -1.46. The molecule has 1 unspecified atom stereocenters. The number of aryl methyl sites for hydroxylation is 1. The average Bonchev–Trinajstić information content (AvgIpc) is 2.97. The molecule has 6 nitrogen and oxygen atoms in total. The number of allylic oxidation sites excluding steroid dienone is 2. The predicted molar refractivity (Wildman–Crippen MR) is 165 cm³/mol. The number of hydrogen-bond acceptors (Lipinski definition) is 4. The highest BCUT2D eigenvalue weighted by molar-refractivity contribution is 5.98. The van der Waals surface area contributed by atoms with Crippen LogP contribution >= 0.6 is 0 Å². The topological polar surface area (TPSA) is 70.7 Å². The zero-order valence-corrected chi connectivity index (χ0v) is 25.3. The second-order valence-electron chi connectivity index (χ2n) is 12.9. The third-order valence-electron chi connectivity index (χ3n) is 8.88. The van der Waals surface area contributed by atoms with Gasteiger partial charge in [0.15, 0.2) is 0 Å². The Morgan fingerprint density at radius 3 is 2.50 bits per heavy atom. The highest BCUT2D eigenvalue weighted by Gasteiger charge is 2.43. The van der Waals surface area contributed by atoms with E-state index in [1.54, 1.807) is 24.0 Å². The smallest absolute Gasteiger partial charge is 0.257 e. The summed E-state index contributed by atoms with van der Waals surface area (Å²) in [6.45, 7) is 10.2. The van der Waals surface area contributed by atoms with Crippen LogP contribution in [0.1, 0.15) is 74.4 Å².